The van der Waals surface area contributed by atoms with E-state index < -0.39 is 0 Å². The summed E-state index contributed by atoms with van der Waals surface area (Å²) in [5, 5.41) is 4.61. The zero-order valence-corrected chi connectivity index (χ0v) is 21.2. The molecule has 5 nitrogen and oxygen atoms in total. The van der Waals surface area contributed by atoms with E-state index in [1.54, 1.807) is 25.4 Å². The first-order valence-corrected chi connectivity index (χ1v) is 12.7. The van der Waals surface area contributed by atoms with Crippen molar-refractivity contribution < 1.29 is 13.9 Å². The molecule has 0 saturated carbocycles. The Bertz CT molecular complexity index is 1070. The Kier molecular flexibility index (Phi) is 10.3. The van der Waals surface area contributed by atoms with Gasteiger partial charge in [-0.25, -0.2) is 4.39 Å². The number of unbranched alkanes of at least 4 members (excludes halogenated alkanes) is 3. The van der Waals surface area contributed by atoms with Crippen molar-refractivity contribution in [3.05, 3.63) is 66.1 Å². The summed E-state index contributed by atoms with van der Waals surface area (Å²) in [5.41, 5.74) is 2.82. The van der Waals surface area contributed by atoms with Crippen LogP contribution in [0.25, 0.3) is 10.9 Å². The number of aromatic nitrogens is 1. The summed E-state index contributed by atoms with van der Waals surface area (Å²) in [6, 6.07) is 14.5. The number of carbonyl (C=O) groups is 1. The van der Waals surface area contributed by atoms with Gasteiger partial charge in [-0.2, -0.15) is 0 Å². The van der Waals surface area contributed by atoms with E-state index in [1.807, 2.05) is 29.2 Å². The van der Waals surface area contributed by atoms with Crippen molar-refractivity contribution in [1.29, 1.82) is 0 Å². The molecule has 0 aliphatic carbocycles. The van der Waals surface area contributed by atoms with Crippen molar-refractivity contribution >= 4 is 22.5 Å². The highest BCUT2D eigenvalue weighted by atomic mass is 19.1. The molecule has 6 heteroatoms. The van der Waals surface area contributed by atoms with E-state index in [9.17, 15) is 9.18 Å². The predicted molar refractivity (Wildman–Crippen MR) is 141 cm³/mol. The highest BCUT2D eigenvalue weighted by Crippen LogP contribution is 2.28. The maximum atomic E-state index is 13.3. The van der Waals surface area contributed by atoms with Gasteiger partial charge in [0, 0.05) is 43.2 Å². The third-order valence-corrected chi connectivity index (χ3v) is 6.26. The van der Waals surface area contributed by atoms with Crippen LogP contribution in [0.2, 0.25) is 0 Å². The van der Waals surface area contributed by atoms with Gasteiger partial charge >= 0.3 is 0 Å². The topological polar surface area (TPSA) is 54.5 Å². The maximum absolute atomic E-state index is 13.3. The van der Waals surface area contributed by atoms with Crippen LogP contribution in [0.3, 0.4) is 0 Å². The number of benzene rings is 2. The van der Waals surface area contributed by atoms with Crippen LogP contribution < -0.4 is 10.1 Å². The summed E-state index contributed by atoms with van der Waals surface area (Å²) in [5.74, 6) is 0.707. The second-order valence-corrected chi connectivity index (χ2v) is 9.19. The Morgan fingerprint density at radius 2 is 1.91 bits per heavy atom. The van der Waals surface area contributed by atoms with Crippen LogP contribution >= 0.6 is 0 Å². The van der Waals surface area contributed by atoms with E-state index in [1.165, 1.54) is 12.1 Å². The van der Waals surface area contributed by atoms with E-state index >= 15 is 0 Å². The Labute approximate surface area is 208 Å². The number of methoxy groups -OCH3 is 1. The molecule has 0 fully saturated rings. The molecule has 0 bridgehead atoms. The summed E-state index contributed by atoms with van der Waals surface area (Å²) in [7, 11) is 1.67. The van der Waals surface area contributed by atoms with Gasteiger partial charge in [-0.05, 0) is 56.0 Å². The number of hydrogen-bond acceptors (Lipinski definition) is 4. The van der Waals surface area contributed by atoms with Crippen molar-refractivity contribution in [3.63, 3.8) is 0 Å². The van der Waals surface area contributed by atoms with E-state index in [0.29, 0.717) is 19.5 Å². The summed E-state index contributed by atoms with van der Waals surface area (Å²) >= 11 is 0. The van der Waals surface area contributed by atoms with E-state index in [-0.39, 0.29) is 17.8 Å². The first kappa shape index (κ1) is 26.5. The lowest BCUT2D eigenvalue weighted by atomic mass is 10.1. The highest BCUT2D eigenvalue weighted by Gasteiger charge is 2.15. The lowest BCUT2D eigenvalue weighted by Crippen LogP contribution is -2.32. The van der Waals surface area contributed by atoms with Gasteiger partial charge < -0.3 is 15.0 Å². The van der Waals surface area contributed by atoms with Gasteiger partial charge in [0.05, 0.1) is 18.3 Å². The minimum atomic E-state index is -0.259. The van der Waals surface area contributed by atoms with Crippen molar-refractivity contribution in [2.45, 2.75) is 71.4 Å². The fourth-order valence-corrected chi connectivity index (χ4v) is 4.28. The van der Waals surface area contributed by atoms with Gasteiger partial charge in [0.15, 0.2) is 0 Å². The monoisotopic (exact) mass is 479 g/mol. The summed E-state index contributed by atoms with van der Waals surface area (Å²) in [6.45, 7) is 5.50. The third kappa shape index (κ3) is 8.23. The lowest BCUT2D eigenvalue weighted by molar-refractivity contribution is -0.132. The van der Waals surface area contributed by atoms with E-state index in [0.717, 1.165) is 66.4 Å². The van der Waals surface area contributed by atoms with Crippen LogP contribution in [0.4, 0.5) is 10.1 Å². The summed E-state index contributed by atoms with van der Waals surface area (Å²) in [6.07, 6.45) is 8.43. The molecule has 1 amide bonds. The number of nitrogens with one attached hydrogen (secondary N) is 1. The van der Waals surface area contributed by atoms with Gasteiger partial charge in [-0.3, -0.25) is 9.78 Å². The first-order chi connectivity index (χ1) is 17.0. The van der Waals surface area contributed by atoms with Gasteiger partial charge in [-0.1, -0.05) is 44.4 Å². The molecule has 0 aliphatic rings. The van der Waals surface area contributed by atoms with Crippen LogP contribution in [0, 0.1) is 5.82 Å². The number of amides is 1. The highest BCUT2D eigenvalue weighted by molar-refractivity contribution is 5.91. The molecule has 1 N–H and O–H groups in total. The van der Waals surface area contributed by atoms with Crippen LogP contribution in [0.15, 0.2) is 54.7 Å². The first-order valence-electron chi connectivity index (χ1n) is 12.7. The van der Waals surface area contributed by atoms with E-state index in [2.05, 4.69) is 24.1 Å². The standard InChI is InChI=1S/C29H38FN3O2/c1-4-5-6-7-12-28(34)33(21-23-13-15-25(30)16-14-23)18-9-10-22(2)32-27-20-26(35-3)19-24-11-8-17-31-29(24)27/h8,11,13-17,19-20,22,32H,4-7,9-10,12,18,21H2,1-3H3. The molecule has 0 spiro atoms. The molecule has 0 saturated heterocycles. The molecular weight excluding hydrogens is 441 g/mol. The van der Waals surface area contributed by atoms with E-state index in [4.69, 9.17) is 4.74 Å². The van der Waals surface area contributed by atoms with Crippen molar-refractivity contribution in [3.8, 4) is 5.75 Å². The molecule has 2 aromatic carbocycles. The van der Waals surface area contributed by atoms with Crippen LogP contribution in [0.5, 0.6) is 5.75 Å². The second kappa shape index (κ2) is 13.7. The van der Waals surface area contributed by atoms with Gasteiger partial charge in [-0.15, -0.1) is 0 Å². The number of carbonyl (C=O) groups excluding carboxylic acids is 1. The minimum absolute atomic E-state index is 0.175. The zero-order chi connectivity index (χ0) is 25.0. The van der Waals surface area contributed by atoms with Crippen LogP contribution in [0.1, 0.15) is 64.4 Å². The maximum Gasteiger partial charge on any atom is 0.222 e. The Morgan fingerprint density at radius 3 is 2.66 bits per heavy atom. The number of halogens is 1. The molecule has 3 rings (SSSR count). The number of ether oxygens (including phenoxy) is 1. The summed E-state index contributed by atoms with van der Waals surface area (Å²) in [4.78, 5) is 19.4. The number of fused-ring (bicyclic) bond motifs is 1. The number of rotatable bonds is 14. The minimum Gasteiger partial charge on any atom is -0.497 e. The predicted octanol–water partition coefficient (Wildman–Crippen LogP) is 6.96. The summed E-state index contributed by atoms with van der Waals surface area (Å²) < 4.78 is 18.8. The third-order valence-electron chi connectivity index (χ3n) is 6.26. The fraction of sp³-hybridized carbons (Fsp3) is 0.448. The van der Waals surface area contributed by atoms with Crippen LogP contribution in [-0.4, -0.2) is 35.5 Å². The molecule has 0 radical (unpaired) electrons. The lowest BCUT2D eigenvalue weighted by Gasteiger charge is -2.24. The Morgan fingerprint density at radius 1 is 1.11 bits per heavy atom. The fourth-order valence-electron chi connectivity index (χ4n) is 4.28. The second-order valence-electron chi connectivity index (χ2n) is 9.19. The molecule has 0 aliphatic heterocycles. The smallest absolute Gasteiger partial charge is 0.222 e. The SMILES string of the molecule is CCCCCCC(=O)N(CCCC(C)Nc1cc(OC)cc2cccnc12)Cc1ccc(F)cc1. The number of hydrogen-bond donors (Lipinski definition) is 1. The average molecular weight is 480 g/mol. The molecule has 1 aromatic heterocycles. The van der Waals surface area contributed by atoms with Gasteiger partial charge in [0.1, 0.15) is 11.6 Å². The van der Waals surface area contributed by atoms with Crippen molar-refractivity contribution in [2.75, 3.05) is 19.0 Å². The van der Waals surface area contributed by atoms with Crippen molar-refractivity contribution in [2.24, 2.45) is 0 Å². The normalized spacial score (nSPS) is 11.9. The quantitative estimate of drug-likeness (QED) is 0.254. The van der Waals surface area contributed by atoms with Gasteiger partial charge in [0.2, 0.25) is 5.91 Å². The number of pyridine rings is 1. The molecular formula is C29H38FN3O2. The largest absolute Gasteiger partial charge is 0.497 e. The molecule has 1 atom stereocenters. The number of anilines is 1. The van der Waals surface area contributed by atoms with Gasteiger partial charge in [0.25, 0.3) is 0 Å². The molecule has 1 heterocycles. The Balaban J connectivity index is 1.59. The Hall–Kier alpha value is -3.15. The molecule has 1 unspecified atom stereocenters. The molecule has 188 valence electrons. The average Bonchev–Trinajstić information content (AvgIpc) is 2.87. The number of nitrogens with zero attached hydrogens (tertiary/aromatic N) is 2. The zero-order valence-electron chi connectivity index (χ0n) is 21.2. The van der Waals surface area contributed by atoms with Crippen molar-refractivity contribution in [1.82, 2.24) is 9.88 Å². The molecule has 3 aromatic rings. The molecule has 35 heavy (non-hydrogen) atoms. The van der Waals surface area contributed by atoms with Crippen LogP contribution in [-0.2, 0) is 11.3 Å².